The van der Waals surface area contributed by atoms with Crippen molar-refractivity contribution in [2.45, 2.75) is 53.1 Å². The first-order valence-electron chi connectivity index (χ1n) is 11.0. The fraction of sp³-hybridized carbons (Fsp3) is 0.321. The summed E-state index contributed by atoms with van der Waals surface area (Å²) in [6.07, 6.45) is -3.86. The van der Waals surface area contributed by atoms with Crippen molar-refractivity contribution in [3.8, 4) is 22.3 Å². The van der Waals surface area contributed by atoms with Crippen LogP contribution in [0.2, 0.25) is 0 Å². The highest BCUT2D eigenvalue weighted by molar-refractivity contribution is 5.85. The number of hydrogen-bond donors (Lipinski definition) is 0. The lowest BCUT2D eigenvalue weighted by Gasteiger charge is -2.20. The SMILES string of the molecule is CC(=O)C(CC(C)C)c1cc(-c2cc(C)cc(C(F)(F)F)c2)cc(-c2ccc(C)c(F)c2)c1. The van der Waals surface area contributed by atoms with Gasteiger partial charge in [-0.15, -0.1) is 0 Å². The fourth-order valence-corrected chi connectivity index (χ4v) is 4.08. The van der Waals surface area contributed by atoms with Gasteiger partial charge in [-0.05, 0) is 96.3 Å². The molecule has 3 aromatic rings. The first-order valence-corrected chi connectivity index (χ1v) is 11.0. The van der Waals surface area contributed by atoms with Crippen LogP contribution in [0.25, 0.3) is 22.3 Å². The Morgan fingerprint density at radius 3 is 2.00 bits per heavy atom. The maximum absolute atomic E-state index is 14.3. The van der Waals surface area contributed by atoms with E-state index in [0.717, 1.165) is 17.7 Å². The van der Waals surface area contributed by atoms with Crippen molar-refractivity contribution in [3.63, 3.8) is 0 Å². The topological polar surface area (TPSA) is 17.1 Å². The van der Waals surface area contributed by atoms with Crippen molar-refractivity contribution in [2.75, 3.05) is 0 Å². The first-order chi connectivity index (χ1) is 15.3. The van der Waals surface area contributed by atoms with Gasteiger partial charge in [-0.25, -0.2) is 4.39 Å². The number of alkyl halides is 3. The molecule has 3 rings (SSSR count). The van der Waals surface area contributed by atoms with Gasteiger partial charge in [0.2, 0.25) is 0 Å². The highest BCUT2D eigenvalue weighted by atomic mass is 19.4. The Morgan fingerprint density at radius 2 is 1.45 bits per heavy atom. The molecule has 5 heteroatoms. The van der Waals surface area contributed by atoms with E-state index in [9.17, 15) is 22.4 Å². The molecule has 1 unspecified atom stereocenters. The Bertz CT molecular complexity index is 1180. The van der Waals surface area contributed by atoms with Crippen LogP contribution in [0.4, 0.5) is 17.6 Å². The van der Waals surface area contributed by atoms with Gasteiger partial charge in [0.1, 0.15) is 11.6 Å². The molecular formula is C28H28F4O. The second kappa shape index (κ2) is 9.50. The van der Waals surface area contributed by atoms with Crippen molar-refractivity contribution < 1.29 is 22.4 Å². The highest BCUT2D eigenvalue weighted by Gasteiger charge is 2.31. The van der Waals surface area contributed by atoms with E-state index in [1.54, 1.807) is 44.2 Å². The third-order valence-corrected chi connectivity index (χ3v) is 5.80. The maximum atomic E-state index is 14.3. The Hall–Kier alpha value is -2.95. The van der Waals surface area contributed by atoms with E-state index in [2.05, 4.69) is 0 Å². The van der Waals surface area contributed by atoms with Crippen molar-refractivity contribution in [2.24, 2.45) is 5.92 Å². The minimum Gasteiger partial charge on any atom is -0.299 e. The van der Waals surface area contributed by atoms with Crippen molar-refractivity contribution in [1.29, 1.82) is 0 Å². The van der Waals surface area contributed by atoms with Crippen LogP contribution < -0.4 is 0 Å². The molecule has 0 aromatic heterocycles. The summed E-state index contributed by atoms with van der Waals surface area (Å²) in [6, 6.07) is 14.2. The smallest absolute Gasteiger partial charge is 0.299 e. The third-order valence-electron chi connectivity index (χ3n) is 5.80. The zero-order valence-corrected chi connectivity index (χ0v) is 19.5. The predicted octanol–water partition coefficient (Wildman–Crippen LogP) is 8.51. The Kier molecular flexibility index (Phi) is 7.11. The van der Waals surface area contributed by atoms with Gasteiger partial charge in [-0.1, -0.05) is 44.2 Å². The molecule has 0 aliphatic heterocycles. The predicted molar refractivity (Wildman–Crippen MR) is 125 cm³/mol. The van der Waals surface area contributed by atoms with Crippen molar-refractivity contribution in [1.82, 2.24) is 0 Å². The fourth-order valence-electron chi connectivity index (χ4n) is 4.08. The largest absolute Gasteiger partial charge is 0.416 e. The Balaban J connectivity index is 2.26. The summed E-state index contributed by atoms with van der Waals surface area (Å²) < 4.78 is 54.7. The molecule has 1 atom stereocenters. The standard InChI is InChI=1S/C28H28F4O/c1-16(2)8-26(19(5)33)24-12-22(20-7-6-18(4)27(29)15-20)11-23(13-24)21-9-17(3)10-25(14-21)28(30,31)32/h6-7,9-16,26H,8H2,1-5H3. The van der Waals surface area contributed by atoms with Crippen molar-refractivity contribution in [3.05, 3.63) is 82.7 Å². The molecule has 0 heterocycles. The molecule has 0 N–H and O–H groups in total. The number of benzene rings is 3. The van der Waals surface area contributed by atoms with Crippen LogP contribution in [0.15, 0.2) is 54.6 Å². The minimum atomic E-state index is -4.47. The summed E-state index contributed by atoms with van der Waals surface area (Å²) in [6.45, 7) is 8.86. The van der Waals surface area contributed by atoms with Crippen LogP contribution in [0.5, 0.6) is 0 Å². The Labute approximate surface area is 192 Å². The summed E-state index contributed by atoms with van der Waals surface area (Å²) in [5, 5.41) is 0. The molecular weight excluding hydrogens is 428 g/mol. The molecule has 0 aliphatic rings. The first kappa shape index (κ1) is 24.7. The molecule has 174 valence electrons. The number of rotatable bonds is 6. The molecule has 0 saturated carbocycles. The average Bonchev–Trinajstić information content (AvgIpc) is 2.72. The molecule has 3 aromatic carbocycles. The number of aryl methyl sites for hydroxylation is 2. The van der Waals surface area contributed by atoms with E-state index in [4.69, 9.17) is 0 Å². The number of carbonyl (C=O) groups excluding carboxylic acids is 1. The van der Waals surface area contributed by atoms with Crippen LogP contribution in [0.1, 0.15) is 55.4 Å². The summed E-state index contributed by atoms with van der Waals surface area (Å²) in [4.78, 5) is 12.5. The molecule has 0 fully saturated rings. The number of hydrogen-bond acceptors (Lipinski definition) is 1. The molecule has 0 bridgehead atoms. The number of ketones is 1. The van der Waals surface area contributed by atoms with Crippen LogP contribution in [-0.4, -0.2) is 5.78 Å². The van der Waals surface area contributed by atoms with E-state index in [0.29, 0.717) is 39.8 Å². The zero-order chi connectivity index (χ0) is 24.5. The number of Topliss-reactive ketones (excluding diaryl/α,β-unsaturated/α-hetero) is 1. The number of halogens is 4. The van der Waals surface area contributed by atoms with Crippen LogP contribution in [0.3, 0.4) is 0 Å². The molecule has 0 amide bonds. The summed E-state index contributed by atoms with van der Waals surface area (Å²) in [7, 11) is 0. The van der Waals surface area contributed by atoms with Crippen LogP contribution in [0, 0.1) is 25.6 Å². The van der Waals surface area contributed by atoms with Gasteiger partial charge in [-0.3, -0.25) is 4.79 Å². The highest BCUT2D eigenvalue weighted by Crippen LogP contribution is 2.37. The number of carbonyl (C=O) groups is 1. The molecule has 1 nitrogen and oxygen atoms in total. The van der Waals surface area contributed by atoms with E-state index >= 15 is 0 Å². The lowest BCUT2D eigenvalue weighted by molar-refractivity contribution is -0.137. The Morgan fingerprint density at radius 1 is 0.848 bits per heavy atom. The van der Waals surface area contributed by atoms with Crippen molar-refractivity contribution >= 4 is 5.78 Å². The van der Waals surface area contributed by atoms with E-state index < -0.39 is 17.7 Å². The van der Waals surface area contributed by atoms with Crippen LogP contribution in [-0.2, 0) is 11.0 Å². The molecule has 0 aliphatic carbocycles. The summed E-state index contributed by atoms with van der Waals surface area (Å²) in [5.74, 6) is -0.522. The van der Waals surface area contributed by atoms with Gasteiger partial charge in [0.25, 0.3) is 0 Å². The van der Waals surface area contributed by atoms with Gasteiger partial charge in [0.05, 0.1) is 5.56 Å². The zero-order valence-electron chi connectivity index (χ0n) is 19.5. The molecule has 33 heavy (non-hydrogen) atoms. The summed E-state index contributed by atoms with van der Waals surface area (Å²) >= 11 is 0. The van der Waals surface area contributed by atoms with E-state index in [1.807, 2.05) is 19.9 Å². The van der Waals surface area contributed by atoms with Gasteiger partial charge < -0.3 is 0 Å². The second-order valence-corrected chi connectivity index (χ2v) is 9.19. The lowest BCUT2D eigenvalue weighted by Crippen LogP contribution is -2.12. The molecule has 0 radical (unpaired) electrons. The monoisotopic (exact) mass is 456 g/mol. The van der Waals surface area contributed by atoms with Gasteiger partial charge in [0.15, 0.2) is 0 Å². The average molecular weight is 457 g/mol. The molecule has 0 spiro atoms. The van der Waals surface area contributed by atoms with Gasteiger partial charge >= 0.3 is 6.18 Å². The molecule has 0 saturated heterocycles. The van der Waals surface area contributed by atoms with Gasteiger partial charge in [0, 0.05) is 5.92 Å². The van der Waals surface area contributed by atoms with Crippen LogP contribution >= 0.6 is 0 Å². The van der Waals surface area contributed by atoms with E-state index in [1.165, 1.54) is 13.0 Å². The minimum absolute atomic E-state index is 0.0119. The third kappa shape index (κ3) is 5.89. The quantitative estimate of drug-likeness (QED) is 0.340. The lowest BCUT2D eigenvalue weighted by atomic mass is 9.84. The maximum Gasteiger partial charge on any atom is 0.416 e. The van der Waals surface area contributed by atoms with Gasteiger partial charge in [-0.2, -0.15) is 13.2 Å². The van der Waals surface area contributed by atoms with E-state index in [-0.39, 0.29) is 17.5 Å². The summed E-state index contributed by atoms with van der Waals surface area (Å²) in [5.41, 5.74) is 3.22. The second-order valence-electron chi connectivity index (χ2n) is 9.19. The normalized spacial score (nSPS) is 12.8.